The van der Waals surface area contributed by atoms with Gasteiger partial charge in [-0.05, 0) is 50.8 Å². The summed E-state index contributed by atoms with van der Waals surface area (Å²) in [6.45, 7) is 6.38. The van der Waals surface area contributed by atoms with Gasteiger partial charge in [0.2, 0.25) is 0 Å². The number of aromatic nitrogens is 3. The highest BCUT2D eigenvalue weighted by Gasteiger charge is 2.29. The Bertz CT molecular complexity index is 746. The molecule has 0 spiro atoms. The van der Waals surface area contributed by atoms with Crippen molar-refractivity contribution in [2.75, 3.05) is 6.54 Å². The zero-order valence-corrected chi connectivity index (χ0v) is 13.2. The summed E-state index contributed by atoms with van der Waals surface area (Å²) in [5.74, 6) is 0. The number of benzene rings is 1. The van der Waals surface area contributed by atoms with E-state index in [1.54, 1.807) is 0 Å². The highest BCUT2D eigenvalue weighted by Crippen LogP contribution is 2.35. The van der Waals surface area contributed by atoms with Gasteiger partial charge in [-0.1, -0.05) is 18.2 Å². The average Bonchev–Trinajstić information content (AvgIpc) is 3.19. The minimum absolute atomic E-state index is 0.491. The molecule has 3 aromatic rings. The van der Waals surface area contributed by atoms with Gasteiger partial charge in [-0.25, -0.2) is 0 Å². The summed E-state index contributed by atoms with van der Waals surface area (Å²) in [6, 6.07) is 11.3. The van der Waals surface area contributed by atoms with E-state index in [4.69, 9.17) is 0 Å². The van der Waals surface area contributed by atoms with Crippen molar-refractivity contribution in [1.82, 2.24) is 20.1 Å². The Hall–Kier alpha value is -2.07. The molecule has 2 N–H and O–H groups in total. The van der Waals surface area contributed by atoms with Gasteiger partial charge in [0, 0.05) is 35.1 Å². The summed E-state index contributed by atoms with van der Waals surface area (Å²) in [7, 11) is 0. The first-order valence-corrected chi connectivity index (χ1v) is 8.04. The second-order valence-corrected chi connectivity index (χ2v) is 6.36. The molecule has 4 nitrogen and oxygen atoms in total. The molecule has 0 aliphatic carbocycles. The molecule has 1 atom stereocenters. The Morgan fingerprint density at radius 1 is 1.27 bits per heavy atom. The molecule has 1 fully saturated rings. The van der Waals surface area contributed by atoms with Crippen LogP contribution in [-0.4, -0.2) is 26.6 Å². The van der Waals surface area contributed by atoms with Gasteiger partial charge in [-0.15, -0.1) is 0 Å². The first kappa shape index (κ1) is 13.6. The van der Waals surface area contributed by atoms with Gasteiger partial charge in [0.25, 0.3) is 0 Å². The number of fused-ring (bicyclic) bond motifs is 1. The van der Waals surface area contributed by atoms with Gasteiger partial charge in [0.05, 0.1) is 5.69 Å². The molecule has 0 radical (unpaired) electrons. The molecular weight excluding hydrogens is 272 g/mol. The summed E-state index contributed by atoms with van der Waals surface area (Å²) in [4.78, 5) is 6.13. The van der Waals surface area contributed by atoms with Gasteiger partial charge >= 0.3 is 0 Å². The fourth-order valence-electron chi connectivity index (χ4n) is 3.83. The summed E-state index contributed by atoms with van der Waals surface area (Å²) in [5, 5.41) is 8.81. The normalized spacial score (nSPS) is 19.3. The molecule has 3 heterocycles. The predicted molar refractivity (Wildman–Crippen MR) is 88.7 cm³/mol. The number of aromatic amines is 2. The number of nitrogens with zero attached hydrogens (tertiary/aromatic N) is 2. The third kappa shape index (κ3) is 2.24. The molecular formula is C18H22N4. The average molecular weight is 294 g/mol. The van der Waals surface area contributed by atoms with Crippen LogP contribution in [0.5, 0.6) is 0 Å². The predicted octanol–water partition coefficient (Wildman–Crippen LogP) is 3.84. The van der Waals surface area contributed by atoms with Crippen molar-refractivity contribution in [1.29, 1.82) is 0 Å². The van der Waals surface area contributed by atoms with E-state index in [0.29, 0.717) is 6.04 Å². The van der Waals surface area contributed by atoms with Gasteiger partial charge in [0.1, 0.15) is 0 Å². The number of nitrogens with one attached hydrogen (secondary N) is 2. The molecule has 114 valence electrons. The van der Waals surface area contributed by atoms with E-state index in [9.17, 15) is 0 Å². The lowest BCUT2D eigenvalue weighted by Gasteiger charge is -2.24. The monoisotopic (exact) mass is 294 g/mol. The number of likely N-dealkylation sites (tertiary alicyclic amines) is 1. The standard InChI is InChI=1S/C18H22N4/c1-12-18(13(2)21-20-12)17-8-5-9-22(17)11-15-10-14-6-3-4-7-16(14)19-15/h3-4,6-7,10,17,19H,5,8-9,11H2,1-2H3,(H,20,21). The van der Waals surface area contributed by atoms with Crippen LogP contribution in [0.15, 0.2) is 30.3 Å². The van der Waals surface area contributed by atoms with Gasteiger partial charge in [-0.3, -0.25) is 10.00 Å². The van der Waals surface area contributed by atoms with Crippen LogP contribution in [0.1, 0.15) is 41.5 Å². The maximum Gasteiger partial charge on any atom is 0.0641 e. The number of para-hydroxylation sites is 1. The zero-order chi connectivity index (χ0) is 15.1. The molecule has 1 unspecified atom stereocenters. The van der Waals surface area contributed by atoms with Crippen LogP contribution < -0.4 is 0 Å². The third-order valence-electron chi connectivity index (χ3n) is 4.84. The molecule has 2 aromatic heterocycles. The first-order valence-electron chi connectivity index (χ1n) is 8.04. The van der Waals surface area contributed by atoms with E-state index in [1.807, 2.05) is 0 Å². The van der Waals surface area contributed by atoms with Crippen LogP contribution in [-0.2, 0) is 6.54 Å². The van der Waals surface area contributed by atoms with E-state index in [0.717, 1.165) is 18.8 Å². The van der Waals surface area contributed by atoms with Crippen LogP contribution in [0.4, 0.5) is 0 Å². The Labute approximate surface area is 130 Å². The van der Waals surface area contributed by atoms with Crippen molar-refractivity contribution >= 4 is 10.9 Å². The Morgan fingerprint density at radius 2 is 2.14 bits per heavy atom. The lowest BCUT2D eigenvalue weighted by molar-refractivity contribution is 0.245. The van der Waals surface area contributed by atoms with Crippen molar-refractivity contribution in [3.8, 4) is 0 Å². The molecule has 4 rings (SSSR count). The van der Waals surface area contributed by atoms with Crippen LogP contribution in [0.2, 0.25) is 0 Å². The fourth-order valence-corrected chi connectivity index (χ4v) is 3.83. The number of aryl methyl sites for hydroxylation is 2. The Kier molecular flexibility index (Phi) is 3.26. The van der Waals surface area contributed by atoms with E-state index >= 15 is 0 Å². The molecule has 1 aromatic carbocycles. The van der Waals surface area contributed by atoms with Crippen molar-refractivity contribution in [2.45, 2.75) is 39.3 Å². The SMILES string of the molecule is Cc1n[nH]c(C)c1C1CCCN1Cc1cc2ccccc2[nH]1. The van der Waals surface area contributed by atoms with Crippen LogP contribution >= 0.6 is 0 Å². The van der Waals surface area contributed by atoms with Crippen molar-refractivity contribution in [2.24, 2.45) is 0 Å². The van der Waals surface area contributed by atoms with E-state index in [-0.39, 0.29) is 0 Å². The smallest absolute Gasteiger partial charge is 0.0641 e. The first-order chi connectivity index (χ1) is 10.7. The molecule has 0 saturated carbocycles. The summed E-state index contributed by atoms with van der Waals surface area (Å²) < 4.78 is 0. The zero-order valence-electron chi connectivity index (χ0n) is 13.2. The maximum atomic E-state index is 4.38. The quantitative estimate of drug-likeness (QED) is 0.771. The van der Waals surface area contributed by atoms with Crippen molar-refractivity contribution in [3.05, 3.63) is 53.0 Å². The summed E-state index contributed by atoms with van der Waals surface area (Å²) in [5.41, 5.74) is 6.28. The van der Waals surface area contributed by atoms with Gasteiger partial charge in [-0.2, -0.15) is 5.10 Å². The Balaban J connectivity index is 1.61. The minimum atomic E-state index is 0.491. The molecule has 4 heteroatoms. The highest BCUT2D eigenvalue weighted by molar-refractivity contribution is 5.80. The highest BCUT2D eigenvalue weighted by atomic mass is 15.2. The number of hydrogen-bond acceptors (Lipinski definition) is 2. The second kappa shape index (κ2) is 5.29. The topological polar surface area (TPSA) is 47.7 Å². The molecule has 0 bridgehead atoms. The van der Waals surface area contributed by atoms with Gasteiger partial charge < -0.3 is 4.98 Å². The number of rotatable bonds is 3. The lowest BCUT2D eigenvalue weighted by atomic mass is 10.0. The molecule has 1 aliphatic rings. The molecule has 0 amide bonds. The van der Waals surface area contributed by atoms with E-state index in [1.165, 1.54) is 40.7 Å². The van der Waals surface area contributed by atoms with E-state index in [2.05, 4.69) is 64.3 Å². The number of hydrogen-bond donors (Lipinski definition) is 2. The summed E-state index contributed by atoms with van der Waals surface area (Å²) in [6.07, 6.45) is 2.48. The van der Waals surface area contributed by atoms with Gasteiger partial charge in [0.15, 0.2) is 0 Å². The van der Waals surface area contributed by atoms with Crippen LogP contribution in [0, 0.1) is 13.8 Å². The molecule has 1 aliphatic heterocycles. The van der Waals surface area contributed by atoms with Crippen molar-refractivity contribution < 1.29 is 0 Å². The maximum absolute atomic E-state index is 4.38. The summed E-state index contributed by atoms with van der Waals surface area (Å²) >= 11 is 0. The molecule has 22 heavy (non-hydrogen) atoms. The van der Waals surface area contributed by atoms with Crippen LogP contribution in [0.25, 0.3) is 10.9 Å². The van der Waals surface area contributed by atoms with Crippen molar-refractivity contribution in [3.63, 3.8) is 0 Å². The second-order valence-electron chi connectivity index (χ2n) is 6.36. The van der Waals surface area contributed by atoms with Crippen LogP contribution in [0.3, 0.4) is 0 Å². The largest absolute Gasteiger partial charge is 0.357 e. The Morgan fingerprint density at radius 3 is 2.91 bits per heavy atom. The fraction of sp³-hybridized carbons (Fsp3) is 0.389. The molecule has 1 saturated heterocycles. The van der Waals surface area contributed by atoms with E-state index < -0.39 is 0 Å². The third-order valence-corrected chi connectivity index (χ3v) is 4.84. The minimum Gasteiger partial charge on any atom is -0.357 e. The number of H-pyrrole nitrogens is 2. The lowest BCUT2D eigenvalue weighted by Crippen LogP contribution is -2.23.